The minimum Gasteiger partial charge on any atom is -0.444 e. The van der Waals surface area contributed by atoms with E-state index in [-0.39, 0.29) is 24.2 Å². The Balaban J connectivity index is 1.72. The number of rotatable bonds is 2. The van der Waals surface area contributed by atoms with E-state index in [4.69, 9.17) is 4.74 Å². The van der Waals surface area contributed by atoms with Crippen molar-refractivity contribution in [2.45, 2.75) is 70.6 Å². The van der Waals surface area contributed by atoms with Crippen LogP contribution in [0.5, 0.6) is 0 Å². The predicted molar refractivity (Wildman–Crippen MR) is 104 cm³/mol. The topological polar surface area (TPSA) is 74.8 Å². The monoisotopic (exact) mass is 374 g/mol. The van der Waals surface area contributed by atoms with Crippen LogP contribution in [0.15, 0.2) is 24.5 Å². The van der Waals surface area contributed by atoms with Gasteiger partial charge in [-0.2, -0.15) is 0 Å². The lowest BCUT2D eigenvalue weighted by atomic mass is 9.94. The van der Waals surface area contributed by atoms with Crippen molar-refractivity contribution in [3.63, 3.8) is 0 Å². The molecule has 7 nitrogen and oxygen atoms in total. The first kappa shape index (κ1) is 19.5. The maximum absolute atomic E-state index is 12.9. The largest absolute Gasteiger partial charge is 0.444 e. The molecule has 0 unspecified atom stereocenters. The molecule has 3 rings (SSSR count). The zero-order valence-electron chi connectivity index (χ0n) is 16.5. The van der Waals surface area contributed by atoms with Crippen molar-refractivity contribution in [1.29, 1.82) is 0 Å². The first-order chi connectivity index (χ1) is 12.8. The van der Waals surface area contributed by atoms with Crippen molar-refractivity contribution >= 4 is 17.8 Å². The number of likely N-dealkylation sites (tertiary alicyclic amines) is 2. The fourth-order valence-corrected chi connectivity index (χ4v) is 3.98. The second-order valence-corrected chi connectivity index (χ2v) is 8.31. The van der Waals surface area contributed by atoms with Crippen LogP contribution in [0.2, 0.25) is 0 Å². The third-order valence-electron chi connectivity index (χ3n) is 5.09. The van der Waals surface area contributed by atoms with Crippen molar-refractivity contribution < 1.29 is 14.3 Å². The van der Waals surface area contributed by atoms with Gasteiger partial charge in [0.2, 0.25) is 0 Å². The lowest BCUT2D eigenvalue weighted by Crippen LogP contribution is -2.56. The van der Waals surface area contributed by atoms with Crippen molar-refractivity contribution in [2.75, 3.05) is 18.4 Å². The number of piperidine rings is 1. The summed E-state index contributed by atoms with van der Waals surface area (Å²) in [4.78, 5) is 33.3. The van der Waals surface area contributed by atoms with E-state index < -0.39 is 5.60 Å². The molecule has 1 N–H and O–H groups in total. The van der Waals surface area contributed by atoms with E-state index in [9.17, 15) is 9.59 Å². The van der Waals surface area contributed by atoms with Gasteiger partial charge < -0.3 is 19.9 Å². The fraction of sp³-hybridized carbons (Fsp3) is 0.650. The summed E-state index contributed by atoms with van der Waals surface area (Å²) >= 11 is 0. The van der Waals surface area contributed by atoms with Gasteiger partial charge in [-0.3, -0.25) is 4.98 Å². The molecule has 2 saturated heterocycles. The molecular formula is C20H30N4O3. The van der Waals surface area contributed by atoms with Gasteiger partial charge in [-0.15, -0.1) is 0 Å². The lowest BCUT2D eigenvalue weighted by molar-refractivity contribution is 0.0121. The van der Waals surface area contributed by atoms with Gasteiger partial charge in [0, 0.05) is 19.3 Å². The first-order valence-corrected chi connectivity index (χ1v) is 9.82. The molecule has 148 valence electrons. The summed E-state index contributed by atoms with van der Waals surface area (Å²) in [6, 6.07) is 3.53. The van der Waals surface area contributed by atoms with Gasteiger partial charge in [-0.05, 0) is 65.0 Å². The number of aromatic nitrogens is 1. The van der Waals surface area contributed by atoms with E-state index in [2.05, 4.69) is 10.3 Å². The molecule has 2 atom stereocenters. The molecule has 0 spiro atoms. The fourth-order valence-electron chi connectivity index (χ4n) is 3.98. The number of amides is 3. The van der Waals surface area contributed by atoms with Crippen LogP contribution in [0.3, 0.4) is 0 Å². The molecule has 2 aliphatic heterocycles. The Hall–Kier alpha value is -2.31. The third kappa shape index (κ3) is 4.90. The Morgan fingerprint density at radius 3 is 2.52 bits per heavy atom. The van der Waals surface area contributed by atoms with Gasteiger partial charge in [-0.25, -0.2) is 9.59 Å². The summed E-state index contributed by atoms with van der Waals surface area (Å²) in [5.41, 5.74) is 0.163. The van der Waals surface area contributed by atoms with Gasteiger partial charge in [0.15, 0.2) is 0 Å². The number of ether oxygens (including phenoxy) is 1. The Labute approximate surface area is 161 Å². The van der Waals surface area contributed by atoms with E-state index in [1.165, 1.54) is 0 Å². The molecule has 0 saturated carbocycles. The standard InChI is InChI=1S/C20H30N4O3/c1-20(2,3)27-19(26)24-13-7-10-17(24)16-9-4-5-12-23(16)18(25)22-15-8-6-11-21-14-15/h6,8,11,14,16-17H,4-5,7,9-10,12-13H2,1-3H3,(H,22,25)/t16-,17+/m0/s1. The molecule has 2 aliphatic rings. The van der Waals surface area contributed by atoms with Crippen LogP contribution in [0.25, 0.3) is 0 Å². The molecule has 0 aromatic carbocycles. The van der Waals surface area contributed by atoms with Gasteiger partial charge in [-0.1, -0.05) is 0 Å². The minimum absolute atomic E-state index is 0.0137. The van der Waals surface area contributed by atoms with Gasteiger partial charge in [0.1, 0.15) is 5.60 Å². The molecule has 27 heavy (non-hydrogen) atoms. The van der Waals surface area contributed by atoms with E-state index in [0.29, 0.717) is 18.8 Å². The highest BCUT2D eigenvalue weighted by Gasteiger charge is 2.41. The van der Waals surface area contributed by atoms with Crippen molar-refractivity contribution in [1.82, 2.24) is 14.8 Å². The maximum atomic E-state index is 12.9. The SMILES string of the molecule is CC(C)(C)OC(=O)N1CCC[C@@H]1[C@@H]1CCCCN1C(=O)Nc1cccnc1. The van der Waals surface area contributed by atoms with E-state index in [1.54, 1.807) is 18.5 Å². The Morgan fingerprint density at radius 2 is 1.81 bits per heavy atom. The molecule has 1 aromatic heterocycles. The zero-order valence-corrected chi connectivity index (χ0v) is 16.5. The van der Waals surface area contributed by atoms with Crippen LogP contribution >= 0.6 is 0 Å². The average Bonchev–Trinajstić information content (AvgIpc) is 3.11. The maximum Gasteiger partial charge on any atom is 0.410 e. The highest BCUT2D eigenvalue weighted by Crippen LogP contribution is 2.31. The summed E-state index contributed by atoms with van der Waals surface area (Å²) in [5.74, 6) is 0. The third-order valence-corrected chi connectivity index (χ3v) is 5.09. The quantitative estimate of drug-likeness (QED) is 0.853. The number of pyridine rings is 1. The van der Waals surface area contributed by atoms with Crippen molar-refractivity contribution in [3.8, 4) is 0 Å². The Kier molecular flexibility index (Phi) is 5.87. The molecule has 0 bridgehead atoms. The average molecular weight is 374 g/mol. The normalized spacial score (nSPS) is 23.2. The number of anilines is 1. The number of hydrogen-bond donors (Lipinski definition) is 1. The summed E-state index contributed by atoms with van der Waals surface area (Å²) < 4.78 is 5.59. The van der Waals surface area contributed by atoms with Crippen molar-refractivity contribution in [3.05, 3.63) is 24.5 Å². The summed E-state index contributed by atoms with van der Waals surface area (Å²) in [6.45, 7) is 7.03. The second-order valence-electron chi connectivity index (χ2n) is 8.31. The Bertz CT molecular complexity index is 659. The highest BCUT2D eigenvalue weighted by atomic mass is 16.6. The number of nitrogens with zero attached hydrogens (tertiary/aromatic N) is 3. The molecule has 0 aliphatic carbocycles. The highest BCUT2D eigenvalue weighted by molar-refractivity contribution is 5.89. The summed E-state index contributed by atoms with van der Waals surface area (Å²) in [5, 5.41) is 2.94. The van der Waals surface area contributed by atoms with Gasteiger partial charge >= 0.3 is 12.1 Å². The smallest absolute Gasteiger partial charge is 0.410 e. The molecule has 1 aromatic rings. The number of carbonyl (C=O) groups excluding carboxylic acids is 2. The van der Waals surface area contributed by atoms with Crippen LogP contribution < -0.4 is 5.32 Å². The van der Waals surface area contributed by atoms with Crippen LogP contribution in [0.1, 0.15) is 52.9 Å². The molecule has 0 radical (unpaired) electrons. The minimum atomic E-state index is -0.520. The Morgan fingerprint density at radius 1 is 1.11 bits per heavy atom. The van der Waals surface area contributed by atoms with E-state index in [1.807, 2.05) is 36.6 Å². The van der Waals surface area contributed by atoms with Crippen LogP contribution in [-0.4, -0.2) is 57.7 Å². The molecule has 2 fully saturated rings. The summed E-state index contributed by atoms with van der Waals surface area (Å²) in [6.07, 6.45) is 7.85. The summed E-state index contributed by atoms with van der Waals surface area (Å²) in [7, 11) is 0. The molecular weight excluding hydrogens is 344 g/mol. The number of urea groups is 1. The molecule has 3 heterocycles. The van der Waals surface area contributed by atoms with Crippen LogP contribution in [0, 0.1) is 0 Å². The lowest BCUT2D eigenvalue weighted by Gasteiger charge is -2.42. The van der Waals surface area contributed by atoms with Crippen molar-refractivity contribution in [2.24, 2.45) is 0 Å². The van der Waals surface area contributed by atoms with Crippen LogP contribution in [-0.2, 0) is 4.74 Å². The molecule has 3 amide bonds. The van der Waals surface area contributed by atoms with Gasteiger partial charge in [0.05, 0.1) is 24.0 Å². The van der Waals surface area contributed by atoms with Crippen LogP contribution in [0.4, 0.5) is 15.3 Å². The first-order valence-electron chi connectivity index (χ1n) is 9.82. The zero-order chi connectivity index (χ0) is 19.4. The second kappa shape index (κ2) is 8.15. The number of carbonyl (C=O) groups is 2. The molecule has 7 heteroatoms. The predicted octanol–water partition coefficient (Wildman–Crippen LogP) is 3.87. The number of hydrogen-bond acceptors (Lipinski definition) is 4. The number of nitrogens with one attached hydrogen (secondary N) is 1. The van der Waals surface area contributed by atoms with Gasteiger partial charge in [0.25, 0.3) is 0 Å². The van der Waals surface area contributed by atoms with E-state index in [0.717, 1.165) is 32.1 Å². The van der Waals surface area contributed by atoms with E-state index >= 15 is 0 Å².